The lowest BCUT2D eigenvalue weighted by Crippen LogP contribution is -2.70. The lowest BCUT2D eigenvalue weighted by molar-refractivity contribution is -0.966. The van der Waals surface area contributed by atoms with E-state index >= 15 is 0 Å². The van der Waals surface area contributed by atoms with Gasteiger partial charge >= 0.3 is 0 Å². The van der Waals surface area contributed by atoms with Gasteiger partial charge in [-0.1, -0.05) is 0 Å². The molecule has 5 heteroatoms. The molecular formula is C8H18IN4+. The monoisotopic (exact) mass is 297 g/mol. The Morgan fingerprint density at radius 2 is 2.00 bits per heavy atom. The summed E-state index contributed by atoms with van der Waals surface area (Å²) in [5.74, 6) is 0.886. The van der Waals surface area contributed by atoms with Gasteiger partial charge in [0.2, 0.25) is 0 Å². The fourth-order valence-corrected chi connectivity index (χ4v) is 3.34. The number of nitrogens with one attached hydrogen (secondary N) is 3. The number of hydrazine groups is 1. The number of halogens is 1. The highest BCUT2D eigenvalue weighted by atomic mass is 127. The van der Waals surface area contributed by atoms with Gasteiger partial charge in [-0.15, -0.1) is 3.64 Å². The maximum Gasteiger partial charge on any atom is 0.114 e. The first-order chi connectivity index (χ1) is 6.29. The number of hydrogen-bond acceptors (Lipinski definition) is 3. The number of fused-ring (bicyclic) bond motifs is 3. The summed E-state index contributed by atoms with van der Waals surface area (Å²) < 4.78 is 4.53. The van der Waals surface area contributed by atoms with Crippen molar-refractivity contribution in [1.29, 1.82) is 0 Å². The molecule has 1 unspecified atom stereocenters. The molecule has 3 fully saturated rings. The molecule has 0 aliphatic carbocycles. The number of nitrogens with zero attached hydrogens (tertiary/aromatic N) is 1. The molecule has 0 saturated carbocycles. The summed E-state index contributed by atoms with van der Waals surface area (Å²) in [6.07, 6.45) is 2.71. The molecule has 0 amide bonds. The predicted octanol–water partition coefficient (Wildman–Crippen LogP) is 0.174. The van der Waals surface area contributed by atoms with Crippen molar-refractivity contribution in [2.75, 3.05) is 26.7 Å². The van der Waals surface area contributed by atoms with Gasteiger partial charge in [0.05, 0.1) is 42.0 Å². The summed E-state index contributed by atoms with van der Waals surface area (Å²) in [6, 6.07) is 0.648. The van der Waals surface area contributed by atoms with E-state index in [0.717, 1.165) is 10.5 Å². The topological polar surface area (TPSA) is 36.1 Å². The van der Waals surface area contributed by atoms with Crippen LogP contribution in [0.25, 0.3) is 0 Å². The minimum absolute atomic E-state index is 0.648. The zero-order valence-corrected chi connectivity index (χ0v) is 10.2. The molecule has 1 atom stereocenters. The van der Waals surface area contributed by atoms with Crippen LogP contribution in [0.15, 0.2) is 0 Å². The Bertz CT molecular complexity index is 179. The average molecular weight is 297 g/mol. The zero-order chi connectivity index (χ0) is 9.31. The van der Waals surface area contributed by atoms with E-state index in [1.807, 2.05) is 7.05 Å². The normalized spacial score (nSPS) is 43.8. The van der Waals surface area contributed by atoms with Crippen LogP contribution < -0.4 is 14.5 Å². The molecule has 0 aromatic carbocycles. The highest BCUT2D eigenvalue weighted by Crippen LogP contribution is 2.32. The van der Waals surface area contributed by atoms with Crippen LogP contribution in [-0.2, 0) is 0 Å². The van der Waals surface area contributed by atoms with Gasteiger partial charge in [0, 0.05) is 12.8 Å². The lowest BCUT2D eigenvalue weighted by Gasteiger charge is -2.50. The van der Waals surface area contributed by atoms with Crippen LogP contribution in [-0.4, -0.2) is 37.3 Å². The van der Waals surface area contributed by atoms with Gasteiger partial charge in [0.25, 0.3) is 0 Å². The molecule has 0 aromatic heterocycles. The number of rotatable bonds is 3. The van der Waals surface area contributed by atoms with Crippen molar-refractivity contribution in [2.24, 2.45) is 5.92 Å². The largest absolute Gasteiger partial charge is 0.260 e. The summed E-state index contributed by atoms with van der Waals surface area (Å²) in [5.41, 5.74) is 6.44. The van der Waals surface area contributed by atoms with E-state index < -0.39 is 0 Å². The van der Waals surface area contributed by atoms with Crippen LogP contribution in [0.4, 0.5) is 0 Å². The third-order valence-electron chi connectivity index (χ3n) is 3.48. The fourth-order valence-electron chi connectivity index (χ4n) is 2.66. The van der Waals surface area contributed by atoms with E-state index in [-0.39, 0.29) is 0 Å². The minimum Gasteiger partial charge on any atom is -0.260 e. The van der Waals surface area contributed by atoms with Gasteiger partial charge in [0.1, 0.15) is 6.54 Å². The predicted molar refractivity (Wildman–Crippen MR) is 60.7 cm³/mol. The number of quaternary nitrogens is 1. The molecule has 3 rings (SSSR count). The molecule has 4 nitrogen and oxygen atoms in total. The van der Waals surface area contributed by atoms with Crippen LogP contribution in [0.1, 0.15) is 12.8 Å². The SMILES string of the molecule is CNNC1C[N+]2(NI)CCC1CC2. The Hall–Kier alpha value is 0.570. The third-order valence-corrected chi connectivity index (χ3v) is 4.50. The fraction of sp³-hybridized carbons (Fsp3) is 1.00. The lowest BCUT2D eigenvalue weighted by atomic mass is 9.83. The number of hydrogen-bond donors (Lipinski definition) is 3. The summed E-state index contributed by atoms with van der Waals surface area (Å²) in [7, 11) is 1.96. The summed E-state index contributed by atoms with van der Waals surface area (Å²) in [4.78, 5) is 0. The van der Waals surface area contributed by atoms with E-state index in [9.17, 15) is 0 Å². The van der Waals surface area contributed by atoms with Crippen LogP contribution >= 0.6 is 22.9 Å². The van der Waals surface area contributed by atoms with Crippen LogP contribution in [0, 0.1) is 5.92 Å². The molecule has 2 bridgehead atoms. The minimum atomic E-state index is 0.648. The van der Waals surface area contributed by atoms with Crippen molar-refractivity contribution in [2.45, 2.75) is 18.9 Å². The van der Waals surface area contributed by atoms with Crippen LogP contribution in [0.3, 0.4) is 0 Å². The van der Waals surface area contributed by atoms with E-state index in [4.69, 9.17) is 0 Å². The quantitative estimate of drug-likeness (QED) is 0.301. The standard InChI is InChI=1S/C8H18IN4/c1-10-11-8-6-13(12-9)4-2-7(8)3-5-13/h7-8,10-12H,2-6H2,1H3/q+1. The molecule has 3 saturated heterocycles. The van der Waals surface area contributed by atoms with Crippen LogP contribution in [0.5, 0.6) is 0 Å². The number of piperidine rings is 3. The molecule has 3 heterocycles. The van der Waals surface area contributed by atoms with E-state index in [2.05, 4.69) is 37.4 Å². The van der Waals surface area contributed by atoms with E-state index in [1.165, 1.54) is 32.5 Å². The van der Waals surface area contributed by atoms with Crippen molar-refractivity contribution >= 4 is 22.9 Å². The summed E-state index contributed by atoms with van der Waals surface area (Å²) >= 11 is 2.30. The van der Waals surface area contributed by atoms with Gasteiger partial charge < -0.3 is 0 Å². The van der Waals surface area contributed by atoms with Gasteiger partial charge in [-0.3, -0.25) is 5.43 Å². The molecule has 3 N–H and O–H groups in total. The first kappa shape index (κ1) is 10.1. The molecular weight excluding hydrogens is 279 g/mol. The Balaban J connectivity index is 2.02. The molecule has 3 aliphatic rings. The van der Waals surface area contributed by atoms with Crippen molar-refractivity contribution in [1.82, 2.24) is 14.5 Å². The maximum absolute atomic E-state index is 3.43. The summed E-state index contributed by atoms with van der Waals surface area (Å²) in [5, 5.41) is 0. The van der Waals surface area contributed by atoms with E-state index in [0.29, 0.717) is 6.04 Å². The first-order valence-corrected chi connectivity index (χ1v) is 6.04. The van der Waals surface area contributed by atoms with Crippen molar-refractivity contribution in [3.05, 3.63) is 0 Å². The zero-order valence-electron chi connectivity index (χ0n) is 8.02. The third kappa shape index (κ3) is 1.85. The second kappa shape index (κ2) is 3.98. The summed E-state index contributed by atoms with van der Waals surface area (Å²) in [6.45, 7) is 3.82. The molecule has 13 heavy (non-hydrogen) atoms. The molecule has 0 radical (unpaired) electrons. The first-order valence-electron chi connectivity index (χ1n) is 4.96. The molecule has 0 aromatic rings. The second-order valence-electron chi connectivity index (χ2n) is 4.20. The maximum atomic E-state index is 3.43. The highest BCUT2D eigenvalue weighted by molar-refractivity contribution is 14.1. The van der Waals surface area contributed by atoms with Gasteiger partial charge in [-0.05, 0) is 13.0 Å². The van der Waals surface area contributed by atoms with Crippen molar-refractivity contribution in [3.8, 4) is 0 Å². The van der Waals surface area contributed by atoms with Gasteiger partial charge in [-0.2, -0.15) is 0 Å². The molecule has 3 aliphatic heterocycles. The average Bonchev–Trinajstić information content (AvgIpc) is 2.20. The smallest absolute Gasteiger partial charge is 0.114 e. The Kier molecular flexibility index (Phi) is 3.09. The molecule has 0 spiro atoms. The van der Waals surface area contributed by atoms with Crippen molar-refractivity contribution < 1.29 is 4.59 Å². The van der Waals surface area contributed by atoms with E-state index in [1.54, 1.807) is 0 Å². The van der Waals surface area contributed by atoms with Gasteiger partial charge in [0.15, 0.2) is 0 Å². The van der Waals surface area contributed by atoms with Crippen molar-refractivity contribution in [3.63, 3.8) is 0 Å². The highest BCUT2D eigenvalue weighted by Gasteiger charge is 2.45. The second-order valence-corrected chi connectivity index (χ2v) is 4.68. The van der Waals surface area contributed by atoms with Gasteiger partial charge in [-0.25, -0.2) is 10.0 Å². The Morgan fingerprint density at radius 3 is 2.54 bits per heavy atom. The molecule has 76 valence electrons. The Morgan fingerprint density at radius 1 is 1.31 bits per heavy atom. The van der Waals surface area contributed by atoms with Crippen LogP contribution in [0.2, 0.25) is 0 Å². The Labute approximate surface area is 93.5 Å².